The molecule has 1 aromatic heterocycles. The molecule has 0 spiro atoms. The number of carbonyl (C=O) groups excluding carboxylic acids is 1. The van der Waals surface area contributed by atoms with E-state index in [2.05, 4.69) is 0 Å². The number of hydrogen-bond acceptors (Lipinski definition) is 7. The lowest BCUT2D eigenvalue weighted by Crippen LogP contribution is -2.39. The van der Waals surface area contributed by atoms with Gasteiger partial charge in [-0.25, -0.2) is 9.59 Å². The molecule has 30 heavy (non-hydrogen) atoms. The summed E-state index contributed by atoms with van der Waals surface area (Å²) < 4.78 is 22.8. The predicted molar refractivity (Wildman–Crippen MR) is 113 cm³/mol. The lowest BCUT2D eigenvalue weighted by atomic mass is 10.0. The Balaban J connectivity index is 1.47. The molecule has 4 aromatic rings. The van der Waals surface area contributed by atoms with Crippen LogP contribution in [0.3, 0.4) is 0 Å². The summed E-state index contributed by atoms with van der Waals surface area (Å²) in [6, 6.07) is 17.4. The van der Waals surface area contributed by atoms with E-state index in [1.807, 2.05) is 6.07 Å². The average molecular weight is 441 g/mol. The second-order valence-corrected chi connectivity index (χ2v) is 7.96. The summed E-state index contributed by atoms with van der Waals surface area (Å²) in [5, 5.41) is 0.582. The number of rotatable bonds is 3. The van der Waals surface area contributed by atoms with Gasteiger partial charge in [-0.15, -0.1) is 0 Å². The largest absolute Gasteiger partial charge is 0.485 e. The topological polar surface area (TPSA) is 75.0 Å². The number of carbonyl (C=O) groups is 1. The molecule has 0 radical (unpaired) electrons. The van der Waals surface area contributed by atoms with Crippen LogP contribution >= 0.6 is 22.9 Å². The minimum Gasteiger partial charge on any atom is -0.485 e. The average Bonchev–Trinajstić information content (AvgIpc) is 3.13. The third-order valence-corrected chi connectivity index (χ3v) is 5.58. The van der Waals surface area contributed by atoms with Crippen molar-refractivity contribution in [1.82, 2.24) is 0 Å². The summed E-state index contributed by atoms with van der Waals surface area (Å²) in [4.78, 5) is 24.1. The summed E-state index contributed by atoms with van der Waals surface area (Å²) in [5.74, 6) is 0.742. The SMILES string of the molecule is O=C(Oc1cc(-c2ccc(Cl)cc2)c2oc(=O)sc2c1)C1COc2ccccc2O1. The Bertz CT molecular complexity index is 1310. The molecule has 3 aromatic carbocycles. The number of benzene rings is 3. The molecule has 0 bridgehead atoms. The van der Waals surface area contributed by atoms with Gasteiger partial charge in [0.25, 0.3) is 0 Å². The maximum absolute atomic E-state index is 12.7. The van der Waals surface area contributed by atoms with Gasteiger partial charge in [0, 0.05) is 16.7 Å². The highest BCUT2D eigenvalue weighted by atomic mass is 35.5. The van der Waals surface area contributed by atoms with E-state index in [4.69, 9.17) is 30.2 Å². The van der Waals surface area contributed by atoms with Gasteiger partial charge in [0.1, 0.15) is 12.4 Å². The van der Waals surface area contributed by atoms with Crippen molar-refractivity contribution in [1.29, 1.82) is 0 Å². The van der Waals surface area contributed by atoms with E-state index in [1.54, 1.807) is 54.6 Å². The molecule has 0 aliphatic carbocycles. The van der Waals surface area contributed by atoms with E-state index in [0.717, 1.165) is 16.9 Å². The Labute approximate surface area is 179 Å². The van der Waals surface area contributed by atoms with Gasteiger partial charge in [-0.1, -0.05) is 47.2 Å². The lowest BCUT2D eigenvalue weighted by molar-refractivity contribution is -0.144. The molecule has 0 N–H and O–H groups in total. The van der Waals surface area contributed by atoms with Crippen molar-refractivity contribution in [3.8, 4) is 28.4 Å². The predicted octanol–water partition coefficient (Wildman–Crippen LogP) is 4.92. The van der Waals surface area contributed by atoms with Crippen molar-refractivity contribution in [3.05, 3.63) is 75.4 Å². The second kappa shape index (κ2) is 7.51. The summed E-state index contributed by atoms with van der Waals surface area (Å²) in [6.45, 7) is 0.0428. The van der Waals surface area contributed by atoms with Gasteiger partial charge in [-0.2, -0.15) is 0 Å². The van der Waals surface area contributed by atoms with E-state index in [0.29, 0.717) is 32.4 Å². The molecule has 0 fully saturated rings. The zero-order valence-electron chi connectivity index (χ0n) is 15.3. The van der Waals surface area contributed by atoms with Crippen LogP contribution in [-0.2, 0) is 4.79 Å². The van der Waals surface area contributed by atoms with Gasteiger partial charge < -0.3 is 18.6 Å². The summed E-state index contributed by atoms with van der Waals surface area (Å²) in [7, 11) is 0. The molecule has 8 heteroatoms. The first kappa shape index (κ1) is 18.7. The number of halogens is 1. The first-order chi connectivity index (χ1) is 14.6. The Morgan fingerprint density at radius 3 is 2.63 bits per heavy atom. The zero-order chi connectivity index (χ0) is 20.7. The number of para-hydroxylation sites is 2. The third kappa shape index (κ3) is 3.53. The number of ether oxygens (including phenoxy) is 3. The summed E-state index contributed by atoms with van der Waals surface area (Å²) >= 11 is 6.91. The quantitative estimate of drug-likeness (QED) is 0.332. The van der Waals surface area contributed by atoms with E-state index < -0.39 is 17.0 Å². The molecular formula is C22H13ClO6S. The maximum Gasteiger partial charge on any atom is 0.396 e. The second-order valence-electron chi connectivity index (χ2n) is 6.54. The molecule has 1 unspecified atom stereocenters. The van der Waals surface area contributed by atoms with Crippen LogP contribution in [0.1, 0.15) is 0 Å². The van der Waals surface area contributed by atoms with Crippen molar-refractivity contribution in [2.24, 2.45) is 0 Å². The fourth-order valence-electron chi connectivity index (χ4n) is 3.17. The molecule has 0 saturated carbocycles. The Morgan fingerprint density at radius 1 is 1.07 bits per heavy atom. The molecule has 1 atom stereocenters. The van der Waals surface area contributed by atoms with E-state index in [-0.39, 0.29) is 12.4 Å². The normalized spacial score (nSPS) is 15.2. The zero-order valence-corrected chi connectivity index (χ0v) is 16.9. The lowest BCUT2D eigenvalue weighted by Gasteiger charge is -2.24. The van der Waals surface area contributed by atoms with Crippen LogP contribution in [0.15, 0.2) is 69.9 Å². The van der Waals surface area contributed by atoms with Crippen molar-refractivity contribution < 1.29 is 23.4 Å². The monoisotopic (exact) mass is 440 g/mol. The minimum absolute atomic E-state index is 0.0428. The van der Waals surface area contributed by atoms with Gasteiger partial charge in [0.2, 0.25) is 6.10 Å². The van der Waals surface area contributed by atoms with Crippen LogP contribution < -0.4 is 19.1 Å². The molecule has 150 valence electrons. The van der Waals surface area contributed by atoms with Crippen molar-refractivity contribution in [2.45, 2.75) is 6.10 Å². The fourth-order valence-corrected chi connectivity index (χ4v) is 4.02. The molecule has 5 rings (SSSR count). The van der Waals surface area contributed by atoms with Gasteiger partial charge in [-0.3, -0.25) is 0 Å². The Morgan fingerprint density at radius 2 is 1.83 bits per heavy atom. The van der Waals surface area contributed by atoms with Crippen LogP contribution in [0.4, 0.5) is 0 Å². The number of fused-ring (bicyclic) bond motifs is 2. The number of hydrogen-bond donors (Lipinski definition) is 0. The standard InChI is InChI=1S/C22H13ClO6S/c23-13-7-5-12(6-8-13)15-9-14(10-19-20(15)29-22(25)30-19)27-21(24)18-11-26-16-3-1-2-4-17(16)28-18/h1-10,18H,11H2. The van der Waals surface area contributed by atoms with Crippen LogP contribution in [0.25, 0.3) is 21.4 Å². The van der Waals surface area contributed by atoms with Crippen LogP contribution in [0, 0.1) is 0 Å². The first-order valence-electron chi connectivity index (χ1n) is 9.00. The highest BCUT2D eigenvalue weighted by Gasteiger charge is 2.29. The highest BCUT2D eigenvalue weighted by molar-refractivity contribution is 7.16. The van der Waals surface area contributed by atoms with Crippen molar-refractivity contribution in [2.75, 3.05) is 6.61 Å². The van der Waals surface area contributed by atoms with E-state index in [1.165, 1.54) is 0 Å². The molecule has 2 heterocycles. The molecule has 1 aliphatic rings. The first-order valence-corrected chi connectivity index (χ1v) is 10.2. The summed E-state index contributed by atoms with van der Waals surface area (Å²) in [6.07, 6.45) is -0.905. The van der Waals surface area contributed by atoms with Crippen molar-refractivity contribution in [3.63, 3.8) is 0 Å². The van der Waals surface area contributed by atoms with Gasteiger partial charge in [0.15, 0.2) is 17.1 Å². The van der Waals surface area contributed by atoms with Crippen LogP contribution in [0.5, 0.6) is 17.2 Å². The molecule has 0 amide bonds. The summed E-state index contributed by atoms with van der Waals surface area (Å²) in [5.41, 5.74) is 1.82. The van der Waals surface area contributed by atoms with Crippen LogP contribution in [0.2, 0.25) is 5.02 Å². The van der Waals surface area contributed by atoms with E-state index >= 15 is 0 Å². The minimum atomic E-state index is -0.905. The van der Waals surface area contributed by atoms with E-state index in [9.17, 15) is 9.59 Å². The molecule has 6 nitrogen and oxygen atoms in total. The Kier molecular flexibility index (Phi) is 4.69. The smallest absolute Gasteiger partial charge is 0.396 e. The highest BCUT2D eigenvalue weighted by Crippen LogP contribution is 2.36. The molecule has 0 saturated heterocycles. The van der Waals surface area contributed by atoms with Gasteiger partial charge in [0.05, 0.1) is 4.70 Å². The maximum atomic E-state index is 12.7. The van der Waals surface area contributed by atoms with Crippen molar-refractivity contribution >= 4 is 39.2 Å². The molecule has 1 aliphatic heterocycles. The van der Waals surface area contributed by atoms with Crippen LogP contribution in [-0.4, -0.2) is 18.7 Å². The third-order valence-electron chi connectivity index (χ3n) is 4.55. The van der Waals surface area contributed by atoms with Gasteiger partial charge >= 0.3 is 10.9 Å². The molecular weight excluding hydrogens is 428 g/mol. The fraction of sp³-hybridized carbons (Fsp3) is 0.0909. The Hall–Kier alpha value is -3.29. The van der Waals surface area contributed by atoms with Gasteiger partial charge in [-0.05, 0) is 35.9 Å². The number of esters is 1.